The van der Waals surface area contributed by atoms with Crippen molar-refractivity contribution in [1.29, 1.82) is 0 Å². The summed E-state index contributed by atoms with van der Waals surface area (Å²) in [5, 5.41) is 12.8. The van der Waals surface area contributed by atoms with Crippen molar-refractivity contribution in [2.45, 2.75) is 19.3 Å². The Hall–Kier alpha value is -4.45. The minimum Gasteiger partial charge on any atom is -0.340 e. The minimum absolute atomic E-state index is 0.126. The summed E-state index contributed by atoms with van der Waals surface area (Å²) in [6.45, 7) is 1.90. The van der Waals surface area contributed by atoms with Crippen LogP contribution in [0.25, 0.3) is 17.0 Å². The number of imidazole rings is 1. The molecule has 0 spiro atoms. The van der Waals surface area contributed by atoms with Crippen molar-refractivity contribution >= 4 is 45.3 Å². The number of thiazole rings is 1. The highest BCUT2D eigenvalue weighted by Crippen LogP contribution is 2.40. The molecule has 1 aliphatic rings. The Morgan fingerprint density at radius 1 is 1.18 bits per heavy atom. The minimum atomic E-state index is -0.236. The largest absolute Gasteiger partial charge is 0.340 e. The predicted octanol–water partition coefficient (Wildman–Crippen LogP) is 3.03. The first-order valence-corrected chi connectivity index (χ1v) is 11.3. The SMILES string of the molecule is Cc1nn(-c2ncnc3nc[nH]c23)c2c1[C@@H](c1ccc(C(=O)Nc3nccs3)cc1)CC(=O)N2. The summed E-state index contributed by atoms with van der Waals surface area (Å²) in [7, 11) is 0. The molecule has 0 unspecified atom stereocenters. The Labute approximate surface area is 196 Å². The maximum atomic E-state index is 12.7. The van der Waals surface area contributed by atoms with Crippen molar-refractivity contribution in [3.63, 3.8) is 0 Å². The van der Waals surface area contributed by atoms with Gasteiger partial charge in [0.05, 0.1) is 12.0 Å². The highest BCUT2D eigenvalue weighted by atomic mass is 32.1. The number of hydrogen-bond acceptors (Lipinski definition) is 8. The van der Waals surface area contributed by atoms with Crippen molar-refractivity contribution < 1.29 is 9.59 Å². The van der Waals surface area contributed by atoms with Crippen molar-refractivity contribution in [2.24, 2.45) is 0 Å². The van der Waals surface area contributed by atoms with Gasteiger partial charge in [-0.2, -0.15) is 9.78 Å². The van der Waals surface area contributed by atoms with Gasteiger partial charge in [0.1, 0.15) is 17.7 Å². The van der Waals surface area contributed by atoms with E-state index in [4.69, 9.17) is 0 Å². The van der Waals surface area contributed by atoms with Gasteiger partial charge in [0.2, 0.25) is 5.91 Å². The van der Waals surface area contributed by atoms with Crippen LogP contribution in [0.15, 0.2) is 48.5 Å². The first kappa shape index (κ1) is 20.2. The van der Waals surface area contributed by atoms with E-state index in [0.717, 1.165) is 16.8 Å². The van der Waals surface area contributed by atoms with Gasteiger partial charge >= 0.3 is 0 Å². The van der Waals surface area contributed by atoms with Crippen molar-refractivity contribution in [1.82, 2.24) is 34.7 Å². The van der Waals surface area contributed by atoms with Crippen molar-refractivity contribution in [2.75, 3.05) is 10.6 Å². The average molecular weight is 472 g/mol. The lowest BCUT2D eigenvalue weighted by Gasteiger charge is -2.24. The molecule has 5 heterocycles. The number of H-pyrrole nitrogens is 1. The molecule has 12 heteroatoms. The van der Waals surface area contributed by atoms with Crippen LogP contribution in [0.1, 0.15) is 39.5 Å². The van der Waals surface area contributed by atoms with Crippen LogP contribution in [0.2, 0.25) is 0 Å². The second-order valence-electron chi connectivity index (χ2n) is 7.78. The standard InChI is InChI=1S/C22H17N9O2S/c1-11-16-14(12-2-4-13(5-3-12)21(33)29-22-23-6-7-34-22)8-15(32)28-19(16)31(30-11)20-17-18(25-9-24-17)26-10-27-20/h2-7,9-10,14H,8H2,1H3,(H,28,32)(H,23,29,33)(H,24,25,26,27)/t14-/m1/s1. The van der Waals surface area contributed by atoms with E-state index in [1.165, 1.54) is 17.7 Å². The second kappa shape index (κ2) is 7.85. The molecule has 11 nitrogen and oxygen atoms in total. The molecule has 34 heavy (non-hydrogen) atoms. The topological polar surface area (TPSA) is 143 Å². The second-order valence-corrected chi connectivity index (χ2v) is 8.67. The summed E-state index contributed by atoms with van der Waals surface area (Å²) in [6, 6.07) is 7.25. The molecule has 168 valence electrons. The third kappa shape index (κ3) is 3.31. The average Bonchev–Trinajstić information content (AvgIpc) is 3.59. The lowest BCUT2D eigenvalue weighted by molar-refractivity contribution is -0.116. The number of rotatable bonds is 4. The van der Waals surface area contributed by atoms with Crippen LogP contribution in [-0.2, 0) is 4.79 Å². The molecule has 0 aliphatic carbocycles. The van der Waals surface area contributed by atoms with Crippen LogP contribution in [0.5, 0.6) is 0 Å². The lowest BCUT2D eigenvalue weighted by atomic mass is 9.85. The number of amides is 2. The van der Waals surface area contributed by atoms with E-state index in [1.54, 1.807) is 34.7 Å². The number of benzene rings is 1. The van der Waals surface area contributed by atoms with Crippen LogP contribution in [0.4, 0.5) is 10.9 Å². The number of hydrogen-bond donors (Lipinski definition) is 3. The normalized spacial score (nSPS) is 15.2. The summed E-state index contributed by atoms with van der Waals surface area (Å²) >= 11 is 1.36. The van der Waals surface area contributed by atoms with E-state index in [1.807, 2.05) is 19.1 Å². The van der Waals surface area contributed by atoms with Gasteiger partial charge in [-0.25, -0.2) is 19.9 Å². The van der Waals surface area contributed by atoms with E-state index in [2.05, 4.69) is 40.7 Å². The van der Waals surface area contributed by atoms with E-state index in [0.29, 0.717) is 33.5 Å². The van der Waals surface area contributed by atoms with Crippen molar-refractivity contribution in [3.8, 4) is 5.82 Å². The number of carbonyl (C=O) groups excluding carboxylic acids is 2. The number of nitrogens with one attached hydrogen (secondary N) is 3. The number of fused-ring (bicyclic) bond motifs is 2. The molecule has 0 saturated carbocycles. The Balaban J connectivity index is 1.37. The molecule has 3 N–H and O–H groups in total. The summed E-state index contributed by atoms with van der Waals surface area (Å²) in [6.07, 6.45) is 4.86. The molecule has 0 bridgehead atoms. The van der Waals surface area contributed by atoms with E-state index < -0.39 is 0 Å². The zero-order chi connectivity index (χ0) is 23.2. The van der Waals surface area contributed by atoms with E-state index in [9.17, 15) is 9.59 Å². The molecule has 1 aliphatic heterocycles. The Bertz CT molecular complexity index is 1540. The molecule has 1 atom stereocenters. The van der Waals surface area contributed by atoms with E-state index >= 15 is 0 Å². The molecule has 5 aromatic rings. The molecule has 0 saturated heterocycles. The molecule has 6 rings (SSSR count). The molecule has 4 aromatic heterocycles. The zero-order valence-corrected chi connectivity index (χ0v) is 18.6. The molecule has 0 radical (unpaired) electrons. The molecule has 1 aromatic carbocycles. The van der Waals surface area contributed by atoms with Crippen LogP contribution < -0.4 is 10.6 Å². The fourth-order valence-corrected chi connectivity index (χ4v) is 4.74. The van der Waals surface area contributed by atoms with Gasteiger partial charge in [-0.1, -0.05) is 12.1 Å². The third-order valence-electron chi connectivity index (χ3n) is 5.73. The van der Waals surface area contributed by atoms with Gasteiger partial charge in [0.25, 0.3) is 5.91 Å². The number of nitrogens with zero attached hydrogens (tertiary/aromatic N) is 6. The Morgan fingerprint density at radius 3 is 2.82 bits per heavy atom. The number of anilines is 2. The predicted molar refractivity (Wildman–Crippen MR) is 125 cm³/mol. The third-order valence-corrected chi connectivity index (χ3v) is 6.42. The van der Waals surface area contributed by atoms with E-state index in [-0.39, 0.29) is 24.2 Å². The summed E-state index contributed by atoms with van der Waals surface area (Å²) in [4.78, 5) is 45.0. The highest BCUT2D eigenvalue weighted by molar-refractivity contribution is 7.13. The number of aryl methyl sites for hydroxylation is 1. The summed E-state index contributed by atoms with van der Waals surface area (Å²) < 4.78 is 1.62. The lowest BCUT2D eigenvalue weighted by Crippen LogP contribution is -2.25. The number of aromatic nitrogens is 7. The van der Waals surface area contributed by atoms with Gasteiger partial charge in [-0.15, -0.1) is 11.3 Å². The van der Waals surface area contributed by atoms with Gasteiger partial charge in [-0.3, -0.25) is 14.9 Å². The fraction of sp³-hybridized carbons (Fsp3) is 0.136. The van der Waals surface area contributed by atoms with Gasteiger partial charge in [0, 0.05) is 35.0 Å². The first-order chi connectivity index (χ1) is 16.6. The quantitative estimate of drug-likeness (QED) is 0.365. The number of carbonyl (C=O) groups is 2. The monoisotopic (exact) mass is 471 g/mol. The smallest absolute Gasteiger partial charge is 0.257 e. The Kier molecular flexibility index (Phi) is 4.66. The Morgan fingerprint density at radius 2 is 2.03 bits per heavy atom. The van der Waals surface area contributed by atoms with Crippen LogP contribution >= 0.6 is 11.3 Å². The van der Waals surface area contributed by atoms with Crippen molar-refractivity contribution in [3.05, 3.63) is 70.9 Å². The van der Waals surface area contributed by atoms with Gasteiger partial charge in [-0.05, 0) is 24.6 Å². The number of aromatic amines is 1. The maximum absolute atomic E-state index is 12.7. The maximum Gasteiger partial charge on any atom is 0.257 e. The summed E-state index contributed by atoms with van der Waals surface area (Å²) in [5.74, 6) is 0.493. The molecular weight excluding hydrogens is 454 g/mol. The fourth-order valence-electron chi connectivity index (χ4n) is 4.22. The van der Waals surface area contributed by atoms with Crippen LogP contribution in [-0.4, -0.2) is 46.5 Å². The van der Waals surface area contributed by atoms with Gasteiger partial charge < -0.3 is 10.3 Å². The zero-order valence-electron chi connectivity index (χ0n) is 17.8. The highest BCUT2D eigenvalue weighted by Gasteiger charge is 2.33. The molecule has 2 amide bonds. The van der Waals surface area contributed by atoms with Gasteiger partial charge in [0.15, 0.2) is 16.6 Å². The summed E-state index contributed by atoms with van der Waals surface area (Å²) in [5.41, 5.74) is 4.24. The van der Waals surface area contributed by atoms with Crippen LogP contribution in [0, 0.1) is 6.92 Å². The molecule has 0 fully saturated rings. The molecular formula is C22H17N9O2S. The first-order valence-electron chi connectivity index (χ1n) is 10.4. The van der Waals surface area contributed by atoms with Crippen LogP contribution in [0.3, 0.4) is 0 Å².